The van der Waals surface area contributed by atoms with Gasteiger partial charge < -0.3 is 15.0 Å². The highest BCUT2D eigenvalue weighted by molar-refractivity contribution is 6.30. The fourth-order valence-corrected chi connectivity index (χ4v) is 4.02. The summed E-state index contributed by atoms with van der Waals surface area (Å²) in [5, 5.41) is 11.4. The summed E-state index contributed by atoms with van der Waals surface area (Å²) in [6.07, 6.45) is 2.31. The molecule has 7 heteroatoms. The number of nitrogens with one attached hydrogen (secondary N) is 2. The molecule has 1 aliphatic rings. The Morgan fingerprint density at radius 3 is 2.87 bits per heavy atom. The summed E-state index contributed by atoms with van der Waals surface area (Å²) in [5.41, 5.74) is 2.93. The molecule has 0 saturated carbocycles. The van der Waals surface area contributed by atoms with E-state index in [1.54, 1.807) is 7.11 Å². The van der Waals surface area contributed by atoms with Crippen molar-refractivity contribution in [2.75, 3.05) is 25.1 Å². The molecule has 1 aliphatic heterocycles. The first-order valence-corrected chi connectivity index (χ1v) is 10.5. The fourth-order valence-electron chi connectivity index (χ4n) is 3.81. The van der Waals surface area contributed by atoms with E-state index in [4.69, 9.17) is 16.3 Å². The first kappa shape index (κ1) is 20.3. The number of H-pyrrole nitrogens is 1. The van der Waals surface area contributed by atoms with E-state index < -0.39 is 0 Å². The second-order valence-corrected chi connectivity index (χ2v) is 7.96. The number of hydrogen-bond donors (Lipinski definition) is 2. The Hall–Kier alpha value is -2.99. The molecule has 156 valence electrons. The van der Waals surface area contributed by atoms with E-state index in [1.807, 2.05) is 48.5 Å². The number of hydrogen-bond acceptors (Lipinski definition) is 4. The second-order valence-electron chi connectivity index (χ2n) is 7.53. The molecule has 6 nitrogen and oxygen atoms in total. The maximum atomic E-state index is 12.5. The Bertz CT molecular complexity index is 1000. The number of aromatic amines is 1. The Labute approximate surface area is 181 Å². The highest BCUT2D eigenvalue weighted by Crippen LogP contribution is 2.25. The summed E-state index contributed by atoms with van der Waals surface area (Å²) in [4.78, 5) is 14.7. The van der Waals surface area contributed by atoms with E-state index in [-0.39, 0.29) is 11.9 Å². The molecular weight excluding hydrogens is 400 g/mol. The van der Waals surface area contributed by atoms with Gasteiger partial charge >= 0.3 is 0 Å². The average molecular weight is 425 g/mol. The lowest BCUT2D eigenvalue weighted by Gasteiger charge is -2.33. The molecule has 0 bridgehead atoms. The lowest BCUT2D eigenvalue weighted by atomic mass is 10.0. The quantitative estimate of drug-likeness (QED) is 0.625. The molecular formula is C23H25ClN4O2. The zero-order chi connectivity index (χ0) is 20.9. The molecule has 2 heterocycles. The third-order valence-corrected chi connectivity index (χ3v) is 5.56. The van der Waals surface area contributed by atoms with Crippen LogP contribution in [0.15, 0.2) is 54.6 Å². The molecule has 1 atom stereocenters. The van der Waals surface area contributed by atoms with Crippen LogP contribution in [0.2, 0.25) is 5.02 Å². The minimum atomic E-state index is 0.0186. The minimum absolute atomic E-state index is 0.0186. The van der Waals surface area contributed by atoms with E-state index in [9.17, 15) is 4.79 Å². The van der Waals surface area contributed by atoms with Crippen LogP contribution in [0.1, 0.15) is 18.4 Å². The number of piperidine rings is 1. The fraction of sp³-hybridized carbons (Fsp3) is 0.304. The maximum absolute atomic E-state index is 12.5. The van der Waals surface area contributed by atoms with Crippen molar-refractivity contribution in [1.82, 2.24) is 15.5 Å². The molecule has 1 fully saturated rings. The SMILES string of the molecule is COc1ccc(-c2cc(N3CCCC(NC(=O)Cc4cccc(Cl)c4)C3)n[nH]2)cc1. The molecule has 1 saturated heterocycles. The Kier molecular flexibility index (Phi) is 6.23. The van der Waals surface area contributed by atoms with Crippen molar-refractivity contribution in [3.05, 3.63) is 65.2 Å². The van der Waals surface area contributed by atoms with Crippen molar-refractivity contribution in [1.29, 1.82) is 0 Å². The Balaban J connectivity index is 1.36. The summed E-state index contributed by atoms with van der Waals surface area (Å²) in [6.45, 7) is 1.67. The van der Waals surface area contributed by atoms with Crippen LogP contribution in [-0.2, 0) is 11.2 Å². The zero-order valence-electron chi connectivity index (χ0n) is 16.9. The van der Waals surface area contributed by atoms with Gasteiger partial charge in [0.2, 0.25) is 5.91 Å². The number of ether oxygens (including phenoxy) is 1. The molecule has 0 radical (unpaired) electrons. The van der Waals surface area contributed by atoms with Crippen molar-refractivity contribution in [2.45, 2.75) is 25.3 Å². The molecule has 0 aliphatic carbocycles. The molecule has 4 rings (SSSR count). The predicted octanol–water partition coefficient (Wildman–Crippen LogP) is 4.07. The summed E-state index contributed by atoms with van der Waals surface area (Å²) in [7, 11) is 1.66. The van der Waals surface area contributed by atoms with Gasteiger partial charge in [-0.25, -0.2) is 0 Å². The van der Waals surface area contributed by atoms with Crippen molar-refractivity contribution < 1.29 is 9.53 Å². The lowest BCUT2D eigenvalue weighted by molar-refractivity contribution is -0.121. The average Bonchev–Trinajstić information content (AvgIpc) is 3.24. The van der Waals surface area contributed by atoms with Gasteiger partial charge in [-0.15, -0.1) is 0 Å². The van der Waals surface area contributed by atoms with Gasteiger partial charge in [-0.1, -0.05) is 23.7 Å². The van der Waals surface area contributed by atoms with Crippen molar-refractivity contribution in [3.8, 4) is 17.0 Å². The summed E-state index contributed by atoms with van der Waals surface area (Å²) < 4.78 is 5.22. The van der Waals surface area contributed by atoms with Gasteiger partial charge in [0.1, 0.15) is 5.75 Å². The van der Waals surface area contributed by atoms with Crippen LogP contribution in [0.25, 0.3) is 11.3 Å². The zero-order valence-corrected chi connectivity index (χ0v) is 17.7. The number of rotatable bonds is 6. The monoisotopic (exact) mass is 424 g/mol. The van der Waals surface area contributed by atoms with Gasteiger partial charge in [0.25, 0.3) is 0 Å². The van der Waals surface area contributed by atoms with Crippen LogP contribution < -0.4 is 15.0 Å². The number of amides is 1. The van der Waals surface area contributed by atoms with Crippen LogP contribution in [-0.4, -0.2) is 42.3 Å². The summed E-state index contributed by atoms with van der Waals surface area (Å²) in [5.74, 6) is 1.74. The largest absolute Gasteiger partial charge is 0.497 e. The normalized spacial score (nSPS) is 16.3. The van der Waals surface area contributed by atoms with Gasteiger partial charge in [0.05, 0.1) is 19.2 Å². The Morgan fingerprint density at radius 1 is 1.27 bits per heavy atom. The third kappa shape index (κ3) is 4.94. The van der Waals surface area contributed by atoms with Crippen LogP contribution in [0.4, 0.5) is 5.82 Å². The number of methoxy groups -OCH3 is 1. The number of nitrogens with zero attached hydrogens (tertiary/aromatic N) is 2. The van der Waals surface area contributed by atoms with Crippen molar-refractivity contribution in [2.24, 2.45) is 0 Å². The highest BCUT2D eigenvalue weighted by Gasteiger charge is 2.23. The smallest absolute Gasteiger partial charge is 0.224 e. The van der Waals surface area contributed by atoms with Gasteiger partial charge in [0, 0.05) is 30.2 Å². The molecule has 2 N–H and O–H groups in total. The van der Waals surface area contributed by atoms with Crippen molar-refractivity contribution >= 4 is 23.3 Å². The van der Waals surface area contributed by atoms with Crippen LogP contribution >= 0.6 is 11.6 Å². The molecule has 2 aromatic carbocycles. The molecule has 1 amide bonds. The van der Waals surface area contributed by atoms with E-state index in [2.05, 4.69) is 26.5 Å². The second kappa shape index (κ2) is 9.22. The molecule has 3 aromatic rings. The molecule has 1 unspecified atom stereocenters. The predicted molar refractivity (Wildman–Crippen MR) is 119 cm³/mol. The highest BCUT2D eigenvalue weighted by atomic mass is 35.5. The lowest BCUT2D eigenvalue weighted by Crippen LogP contribution is -2.48. The number of anilines is 1. The first-order chi connectivity index (χ1) is 14.6. The van der Waals surface area contributed by atoms with Crippen molar-refractivity contribution in [3.63, 3.8) is 0 Å². The summed E-state index contributed by atoms with van der Waals surface area (Å²) >= 11 is 6.01. The minimum Gasteiger partial charge on any atom is -0.497 e. The Morgan fingerprint density at radius 2 is 2.10 bits per heavy atom. The molecule has 30 heavy (non-hydrogen) atoms. The van der Waals surface area contributed by atoms with E-state index in [0.717, 1.165) is 54.3 Å². The number of benzene rings is 2. The first-order valence-electron chi connectivity index (χ1n) is 10.1. The molecule has 0 spiro atoms. The third-order valence-electron chi connectivity index (χ3n) is 5.33. The van der Waals surface area contributed by atoms with Crippen LogP contribution in [0.5, 0.6) is 5.75 Å². The number of carbonyl (C=O) groups is 1. The van der Waals surface area contributed by atoms with Gasteiger partial charge in [-0.2, -0.15) is 5.10 Å². The summed E-state index contributed by atoms with van der Waals surface area (Å²) in [6, 6.07) is 17.5. The number of halogens is 1. The van der Waals surface area contributed by atoms with Gasteiger partial charge in [-0.3, -0.25) is 9.89 Å². The van der Waals surface area contributed by atoms with Gasteiger partial charge in [-0.05, 0) is 60.4 Å². The molecule has 1 aromatic heterocycles. The van der Waals surface area contributed by atoms with E-state index in [0.29, 0.717) is 11.4 Å². The van der Waals surface area contributed by atoms with E-state index >= 15 is 0 Å². The van der Waals surface area contributed by atoms with Crippen LogP contribution in [0, 0.1) is 0 Å². The van der Waals surface area contributed by atoms with Crippen LogP contribution in [0.3, 0.4) is 0 Å². The van der Waals surface area contributed by atoms with Gasteiger partial charge in [0.15, 0.2) is 5.82 Å². The standard InChI is InChI=1S/C23H25ClN4O2/c1-30-20-9-7-17(8-10-20)21-14-22(27-26-21)28-11-3-6-19(15-28)25-23(29)13-16-4-2-5-18(24)12-16/h2,4-5,7-10,12,14,19H,3,6,11,13,15H2,1H3,(H,25,29)(H,26,27). The number of aromatic nitrogens is 2. The topological polar surface area (TPSA) is 70.2 Å². The van der Waals surface area contributed by atoms with E-state index in [1.165, 1.54) is 0 Å². The maximum Gasteiger partial charge on any atom is 0.224 e. The number of carbonyl (C=O) groups excluding carboxylic acids is 1.